The summed E-state index contributed by atoms with van der Waals surface area (Å²) in [4.78, 5) is 0. The number of benzene rings is 1. The Morgan fingerprint density at radius 2 is 2.12 bits per heavy atom. The monoisotopic (exact) mass is 327 g/mol. The van der Waals surface area contributed by atoms with Crippen molar-refractivity contribution in [2.45, 2.75) is 24.9 Å². The van der Waals surface area contributed by atoms with Crippen molar-refractivity contribution < 1.29 is 13.2 Å². The van der Waals surface area contributed by atoms with Crippen LogP contribution in [0, 0.1) is 0 Å². The zero-order valence-electron chi connectivity index (χ0n) is 8.74. The van der Waals surface area contributed by atoms with Gasteiger partial charge in [0, 0.05) is 16.0 Å². The quantitative estimate of drug-likeness (QED) is 0.769. The lowest BCUT2D eigenvalue weighted by Crippen LogP contribution is -2.22. The lowest BCUT2D eigenvalue weighted by Gasteiger charge is -2.28. The number of hydrogen-bond acceptors (Lipinski definition) is 1. The molecule has 0 saturated heterocycles. The molecule has 1 aliphatic rings. The fraction of sp³-hybridized carbons (Fsp3) is 0.455. The summed E-state index contributed by atoms with van der Waals surface area (Å²) in [6, 6.07) is 3.30. The Morgan fingerprint density at radius 3 is 2.76 bits per heavy atom. The van der Waals surface area contributed by atoms with Crippen molar-refractivity contribution in [1.82, 2.24) is 0 Å². The molecule has 0 bridgehead atoms. The van der Waals surface area contributed by atoms with Gasteiger partial charge in [-0.15, -0.1) is 0 Å². The van der Waals surface area contributed by atoms with Crippen LogP contribution in [0.1, 0.15) is 24.3 Å². The minimum atomic E-state index is -4.14. The van der Waals surface area contributed by atoms with Gasteiger partial charge in [-0.3, -0.25) is 0 Å². The Labute approximate surface area is 110 Å². The number of alkyl halides is 3. The number of nitrogens with one attached hydrogen (secondary N) is 1. The van der Waals surface area contributed by atoms with Gasteiger partial charge in [0.25, 0.3) is 0 Å². The predicted molar refractivity (Wildman–Crippen MR) is 65.7 cm³/mol. The van der Waals surface area contributed by atoms with Crippen LogP contribution in [0.3, 0.4) is 0 Å². The average molecular weight is 329 g/mol. The van der Waals surface area contributed by atoms with Gasteiger partial charge < -0.3 is 5.32 Å². The van der Waals surface area contributed by atoms with Crippen LogP contribution < -0.4 is 5.32 Å². The molecule has 0 amide bonds. The van der Waals surface area contributed by atoms with Crippen molar-refractivity contribution in [3.63, 3.8) is 0 Å². The average Bonchev–Trinajstić information content (AvgIpc) is 2.17. The second-order valence-electron chi connectivity index (χ2n) is 4.08. The molecule has 6 heteroatoms. The Kier molecular flexibility index (Phi) is 3.59. The van der Waals surface area contributed by atoms with Crippen LogP contribution in [0.25, 0.3) is 0 Å². The normalized spacial score (nSPS) is 19.7. The molecule has 0 fully saturated rings. The summed E-state index contributed by atoms with van der Waals surface area (Å²) in [7, 11) is 0. The van der Waals surface area contributed by atoms with Crippen molar-refractivity contribution in [2.75, 3.05) is 11.9 Å². The highest BCUT2D eigenvalue weighted by molar-refractivity contribution is 9.10. The zero-order valence-corrected chi connectivity index (χ0v) is 11.1. The third kappa shape index (κ3) is 3.07. The molecular weight excluding hydrogens is 318 g/mol. The van der Waals surface area contributed by atoms with Crippen LogP contribution in [0.4, 0.5) is 18.9 Å². The third-order valence-corrected chi connectivity index (χ3v) is 3.64. The molecule has 0 spiro atoms. The Morgan fingerprint density at radius 1 is 1.41 bits per heavy atom. The van der Waals surface area contributed by atoms with E-state index in [1.165, 1.54) is 0 Å². The summed E-state index contributed by atoms with van der Waals surface area (Å²) in [5.74, 6) is -0.513. The molecule has 1 N–H and O–H groups in total. The second-order valence-corrected chi connectivity index (χ2v) is 5.37. The lowest BCUT2D eigenvalue weighted by atomic mass is 9.88. The molecule has 1 nitrogen and oxygen atoms in total. The molecule has 94 valence electrons. The minimum Gasteiger partial charge on any atom is -0.384 e. The van der Waals surface area contributed by atoms with Gasteiger partial charge in [-0.2, -0.15) is 13.2 Å². The number of fused-ring (bicyclic) bond motifs is 1. The lowest BCUT2D eigenvalue weighted by molar-refractivity contribution is -0.139. The summed E-state index contributed by atoms with van der Waals surface area (Å²) in [6.07, 6.45) is -4.47. The number of rotatable bonds is 1. The molecule has 0 saturated carbocycles. The van der Waals surface area contributed by atoms with Gasteiger partial charge in [-0.05, 0) is 46.0 Å². The van der Waals surface area contributed by atoms with Crippen LogP contribution in [-0.2, 0) is 0 Å². The third-order valence-electron chi connectivity index (χ3n) is 2.80. The summed E-state index contributed by atoms with van der Waals surface area (Å²) >= 11 is 9.19. The maximum atomic E-state index is 12.5. The van der Waals surface area contributed by atoms with Crippen LogP contribution in [0.2, 0.25) is 5.02 Å². The summed E-state index contributed by atoms with van der Waals surface area (Å²) in [5, 5.41) is 3.55. The Bertz CT molecular complexity index is 433. The van der Waals surface area contributed by atoms with E-state index in [4.69, 9.17) is 11.6 Å². The molecule has 0 radical (unpaired) electrons. The highest BCUT2D eigenvalue weighted by atomic mass is 79.9. The molecule has 1 heterocycles. The highest BCUT2D eigenvalue weighted by Gasteiger charge is 2.35. The Hall–Kier alpha value is -0.420. The predicted octanol–water partition coefficient (Wildman–Crippen LogP) is 4.95. The smallest absolute Gasteiger partial charge is 0.384 e. The molecule has 1 atom stereocenters. The topological polar surface area (TPSA) is 12.0 Å². The van der Waals surface area contributed by atoms with E-state index in [1.807, 2.05) is 0 Å². The number of hydrogen-bond donors (Lipinski definition) is 1. The van der Waals surface area contributed by atoms with E-state index in [9.17, 15) is 13.2 Å². The van der Waals surface area contributed by atoms with Gasteiger partial charge >= 0.3 is 6.18 Å². The van der Waals surface area contributed by atoms with Crippen LogP contribution in [-0.4, -0.2) is 12.7 Å². The van der Waals surface area contributed by atoms with E-state index < -0.39 is 18.5 Å². The van der Waals surface area contributed by atoms with Crippen molar-refractivity contribution in [1.29, 1.82) is 0 Å². The molecule has 1 unspecified atom stereocenters. The molecule has 2 rings (SSSR count). The summed E-state index contributed by atoms with van der Waals surface area (Å²) in [6.45, 7) is 0.550. The van der Waals surface area contributed by atoms with Crippen LogP contribution in [0.5, 0.6) is 0 Å². The zero-order chi connectivity index (χ0) is 12.6. The van der Waals surface area contributed by atoms with Crippen molar-refractivity contribution >= 4 is 33.2 Å². The first kappa shape index (κ1) is 13.0. The molecule has 1 aromatic rings. The fourth-order valence-electron chi connectivity index (χ4n) is 2.12. The summed E-state index contributed by atoms with van der Waals surface area (Å²) in [5.41, 5.74) is 1.38. The first-order valence-electron chi connectivity index (χ1n) is 5.16. The van der Waals surface area contributed by atoms with E-state index in [0.717, 1.165) is 5.69 Å². The summed E-state index contributed by atoms with van der Waals surface area (Å²) < 4.78 is 38.1. The first-order chi connectivity index (χ1) is 7.87. The van der Waals surface area contributed by atoms with Crippen molar-refractivity contribution in [3.8, 4) is 0 Å². The van der Waals surface area contributed by atoms with Gasteiger partial charge in [-0.25, -0.2) is 0 Å². The van der Waals surface area contributed by atoms with E-state index in [1.54, 1.807) is 12.1 Å². The largest absolute Gasteiger partial charge is 0.389 e. The molecule has 0 aliphatic carbocycles. The van der Waals surface area contributed by atoms with Gasteiger partial charge in [0.2, 0.25) is 0 Å². The second kappa shape index (κ2) is 4.69. The van der Waals surface area contributed by atoms with E-state index in [2.05, 4.69) is 21.2 Å². The van der Waals surface area contributed by atoms with Gasteiger partial charge in [0.1, 0.15) is 0 Å². The maximum Gasteiger partial charge on any atom is 0.389 e. The number of halogens is 5. The highest BCUT2D eigenvalue weighted by Crippen LogP contribution is 2.43. The first-order valence-corrected chi connectivity index (χ1v) is 6.33. The van der Waals surface area contributed by atoms with E-state index >= 15 is 0 Å². The minimum absolute atomic E-state index is 0.450. The van der Waals surface area contributed by atoms with Gasteiger partial charge in [0.15, 0.2) is 0 Å². The van der Waals surface area contributed by atoms with Crippen LogP contribution in [0.15, 0.2) is 16.6 Å². The molecule has 1 aliphatic heterocycles. The number of anilines is 1. The van der Waals surface area contributed by atoms with E-state index in [0.29, 0.717) is 28.0 Å². The molecule has 0 aromatic heterocycles. The van der Waals surface area contributed by atoms with Gasteiger partial charge in [-0.1, -0.05) is 11.6 Å². The SMILES string of the molecule is FC(F)(F)CC1CCNc2c(Br)cc(Cl)cc21. The molecular formula is C11H10BrClF3N. The fourth-order valence-corrected chi connectivity index (χ4v) is 3.09. The standard InChI is InChI=1S/C11H10BrClF3N/c12-9-4-7(13)3-8-6(5-11(14,15)16)1-2-17-10(8)9/h3-4,6,17H,1-2,5H2. The van der Waals surface area contributed by atoms with Crippen molar-refractivity contribution in [3.05, 3.63) is 27.2 Å². The van der Waals surface area contributed by atoms with E-state index in [-0.39, 0.29) is 0 Å². The maximum absolute atomic E-state index is 12.5. The van der Waals surface area contributed by atoms with Crippen LogP contribution >= 0.6 is 27.5 Å². The van der Waals surface area contributed by atoms with Gasteiger partial charge in [0.05, 0.1) is 12.1 Å². The van der Waals surface area contributed by atoms with Crippen molar-refractivity contribution in [2.24, 2.45) is 0 Å². The Balaban J connectivity index is 2.37. The molecule has 1 aromatic carbocycles. The molecule has 17 heavy (non-hydrogen) atoms.